The van der Waals surface area contributed by atoms with Crippen molar-refractivity contribution in [3.63, 3.8) is 0 Å². The van der Waals surface area contributed by atoms with E-state index in [4.69, 9.17) is 4.74 Å². The third kappa shape index (κ3) is 5.64. The molecule has 0 N–H and O–H groups in total. The summed E-state index contributed by atoms with van der Waals surface area (Å²) in [6.07, 6.45) is 9.49. The lowest BCUT2D eigenvalue weighted by atomic mass is 10.2. The van der Waals surface area contributed by atoms with Gasteiger partial charge in [-0.3, -0.25) is 0 Å². The van der Waals surface area contributed by atoms with Crippen LogP contribution in [-0.4, -0.2) is 14.2 Å². The summed E-state index contributed by atoms with van der Waals surface area (Å²) < 4.78 is 5.35. The van der Waals surface area contributed by atoms with Crippen molar-refractivity contribution in [1.82, 2.24) is 0 Å². The normalized spacial score (nSPS) is 11.9. The number of benzene rings is 1. The zero-order valence-corrected chi connectivity index (χ0v) is 12.5. The lowest BCUT2D eigenvalue weighted by Gasteiger charge is -2.13. The maximum atomic E-state index is 5.35. The number of methoxy groups -OCH3 is 1. The number of hydrogen-bond acceptors (Lipinski definition) is 2. The maximum absolute atomic E-state index is 5.35. The Labute approximate surface area is 117 Å². The molecule has 0 radical (unpaired) electrons. The zero-order chi connectivity index (χ0) is 14.1. The number of allylic oxidation sites excluding steroid dienone is 3. The van der Waals surface area contributed by atoms with Gasteiger partial charge in [0.25, 0.3) is 0 Å². The molecule has 2 heteroatoms. The number of unbranched alkanes of at least 4 members (excludes halogenated alkanes) is 1. The Bertz CT molecular complexity index is 417. The summed E-state index contributed by atoms with van der Waals surface area (Å²) in [5.41, 5.74) is 2.46. The third-order valence-electron chi connectivity index (χ3n) is 3.07. The Morgan fingerprint density at radius 3 is 2.53 bits per heavy atom. The number of hydrogen-bond donors (Lipinski definition) is 0. The topological polar surface area (TPSA) is 12.5 Å². The molecular weight excluding hydrogens is 234 g/mol. The smallest absolute Gasteiger partial charge is 0.0955 e. The van der Waals surface area contributed by atoms with Crippen LogP contribution in [0.2, 0.25) is 0 Å². The van der Waals surface area contributed by atoms with Crippen molar-refractivity contribution in [3.8, 4) is 0 Å². The van der Waals surface area contributed by atoms with Crippen LogP contribution in [0, 0.1) is 6.92 Å². The van der Waals surface area contributed by atoms with E-state index < -0.39 is 0 Å². The average molecular weight is 259 g/mol. The van der Waals surface area contributed by atoms with Gasteiger partial charge in [0, 0.05) is 25.4 Å². The van der Waals surface area contributed by atoms with Gasteiger partial charge in [-0.2, -0.15) is 0 Å². The Morgan fingerprint density at radius 2 is 1.95 bits per heavy atom. The molecule has 0 aromatic heterocycles. The zero-order valence-electron chi connectivity index (χ0n) is 12.5. The van der Waals surface area contributed by atoms with Crippen LogP contribution in [0.4, 0.5) is 5.69 Å². The lowest BCUT2D eigenvalue weighted by molar-refractivity contribution is 0.275. The summed E-state index contributed by atoms with van der Waals surface area (Å²) >= 11 is 0. The predicted molar refractivity (Wildman–Crippen MR) is 83.3 cm³/mol. The molecular formula is C17H25NO. The molecule has 1 aromatic carbocycles. The second-order valence-corrected chi connectivity index (χ2v) is 4.73. The fourth-order valence-electron chi connectivity index (χ4n) is 1.75. The van der Waals surface area contributed by atoms with Gasteiger partial charge in [-0.15, -0.1) is 0 Å². The first-order valence-electron chi connectivity index (χ1n) is 6.88. The van der Waals surface area contributed by atoms with Crippen molar-refractivity contribution in [1.29, 1.82) is 0 Å². The molecule has 1 aromatic rings. The molecule has 0 atom stereocenters. The van der Waals surface area contributed by atoms with E-state index >= 15 is 0 Å². The minimum absolute atomic E-state index is 1.01. The molecule has 0 aliphatic rings. The Kier molecular flexibility index (Phi) is 6.80. The van der Waals surface area contributed by atoms with Crippen LogP contribution in [0.3, 0.4) is 0 Å². The number of nitrogens with zero attached hydrogens (tertiary/aromatic N) is 1. The van der Waals surface area contributed by atoms with E-state index in [2.05, 4.69) is 49.2 Å². The van der Waals surface area contributed by atoms with Crippen molar-refractivity contribution in [3.05, 3.63) is 53.9 Å². The van der Waals surface area contributed by atoms with Crippen LogP contribution in [0.1, 0.15) is 31.7 Å². The molecule has 1 rings (SSSR count). The lowest BCUT2D eigenvalue weighted by Crippen LogP contribution is -2.07. The van der Waals surface area contributed by atoms with Gasteiger partial charge >= 0.3 is 0 Å². The Hall–Kier alpha value is -1.70. The van der Waals surface area contributed by atoms with E-state index in [-0.39, 0.29) is 0 Å². The molecule has 2 nitrogen and oxygen atoms in total. The largest absolute Gasteiger partial charge is 0.501 e. The number of ether oxygens (including phenoxy) is 1. The highest BCUT2D eigenvalue weighted by molar-refractivity contribution is 5.49. The summed E-state index contributed by atoms with van der Waals surface area (Å²) in [6.45, 7) is 4.29. The summed E-state index contributed by atoms with van der Waals surface area (Å²) in [4.78, 5) is 2.10. The monoisotopic (exact) mass is 259 g/mol. The van der Waals surface area contributed by atoms with Crippen LogP contribution >= 0.6 is 0 Å². The Morgan fingerprint density at radius 1 is 1.26 bits per heavy atom. The molecule has 0 aliphatic carbocycles. The molecule has 0 saturated heterocycles. The van der Waals surface area contributed by atoms with Gasteiger partial charge in [0.05, 0.1) is 12.9 Å². The van der Waals surface area contributed by atoms with Gasteiger partial charge in [0.15, 0.2) is 0 Å². The average Bonchev–Trinajstić information content (AvgIpc) is 2.43. The van der Waals surface area contributed by atoms with Gasteiger partial charge in [-0.05, 0) is 37.6 Å². The van der Waals surface area contributed by atoms with E-state index in [9.17, 15) is 0 Å². The van der Waals surface area contributed by atoms with Crippen molar-refractivity contribution >= 4 is 5.69 Å². The minimum Gasteiger partial charge on any atom is -0.501 e. The Balaban J connectivity index is 2.59. The third-order valence-corrected chi connectivity index (χ3v) is 3.07. The van der Waals surface area contributed by atoms with E-state index in [1.54, 1.807) is 7.11 Å². The quantitative estimate of drug-likeness (QED) is 0.521. The first-order valence-corrected chi connectivity index (χ1v) is 6.88. The number of aryl methyl sites for hydroxylation is 1. The SMILES string of the molecule is CCCC/C(=C\C=C\N(C)c1ccc(C)cc1)OC. The van der Waals surface area contributed by atoms with Crippen molar-refractivity contribution in [2.75, 3.05) is 19.1 Å². The van der Waals surface area contributed by atoms with Crippen LogP contribution < -0.4 is 4.90 Å². The molecule has 0 bridgehead atoms. The molecule has 0 spiro atoms. The molecule has 0 amide bonds. The van der Waals surface area contributed by atoms with Gasteiger partial charge in [0.1, 0.15) is 0 Å². The number of rotatable bonds is 7. The van der Waals surface area contributed by atoms with Crippen LogP contribution in [0.25, 0.3) is 0 Å². The van der Waals surface area contributed by atoms with E-state index in [1.165, 1.54) is 24.1 Å². The second-order valence-electron chi connectivity index (χ2n) is 4.73. The molecule has 104 valence electrons. The maximum Gasteiger partial charge on any atom is 0.0955 e. The van der Waals surface area contributed by atoms with Gasteiger partial charge in [-0.25, -0.2) is 0 Å². The molecule has 0 fully saturated rings. The summed E-state index contributed by atoms with van der Waals surface area (Å²) in [6, 6.07) is 8.49. The van der Waals surface area contributed by atoms with Crippen LogP contribution in [0.5, 0.6) is 0 Å². The standard InChI is InChI=1S/C17H25NO/c1-5-6-8-17(19-4)9-7-14-18(3)16-12-10-15(2)11-13-16/h7,9-14H,5-6,8H2,1-4H3/b14-7+,17-9+. The molecule has 0 saturated carbocycles. The fourth-order valence-corrected chi connectivity index (χ4v) is 1.75. The highest BCUT2D eigenvalue weighted by Gasteiger charge is 1.96. The number of anilines is 1. The summed E-state index contributed by atoms with van der Waals surface area (Å²) in [7, 11) is 3.78. The van der Waals surface area contributed by atoms with Crippen molar-refractivity contribution in [2.45, 2.75) is 33.1 Å². The molecule has 0 aliphatic heterocycles. The minimum atomic E-state index is 1.01. The highest BCUT2D eigenvalue weighted by Crippen LogP contribution is 2.14. The highest BCUT2D eigenvalue weighted by atomic mass is 16.5. The summed E-state index contributed by atoms with van der Waals surface area (Å²) in [5.74, 6) is 1.04. The first kappa shape index (κ1) is 15.4. The van der Waals surface area contributed by atoms with Crippen molar-refractivity contribution < 1.29 is 4.74 Å². The first-order chi connectivity index (χ1) is 9.17. The predicted octanol–water partition coefficient (Wildman–Crippen LogP) is 4.67. The van der Waals surface area contributed by atoms with Crippen molar-refractivity contribution in [2.24, 2.45) is 0 Å². The van der Waals surface area contributed by atoms with Crippen LogP contribution in [-0.2, 0) is 4.74 Å². The molecule has 0 unspecified atom stereocenters. The van der Waals surface area contributed by atoms with E-state index in [0.717, 1.165) is 12.2 Å². The molecule has 19 heavy (non-hydrogen) atoms. The van der Waals surface area contributed by atoms with Crippen LogP contribution in [0.15, 0.2) is 48.4 Å². The molecule has 0 heterocycles. The fraction of sp³-hybridized carbons (Fsp3) is 0.412. The van der Waals surface area contributed by atoms with Gasteiger partial charge in [-0.1, -0.05) is 31.0 Å². The van der Waals surface area contributed by atoms with E-state index in [1.807, 2.05) is 19.2 Å². The van der Waals surface area contributed by atoms with Gasteiger partial charge < -0.3 is 9.64 Å². The summed E-state index contributed by atoms with van der Waals surface area (Å²) in [5, 5.41) is 0. The second kappa shape index (κ2) is 8.41. The van der Waals surface area contributed by atoms with Gasteiger partial charge in [0.2, 0.25) is 0 Å². The van der Waals surface area contributed by atoms with E-state index in [0.29, 0.717) is 0 Å².